The Labute approximate surface area is 163 Å². The van der Waals surface area contributed by atoms with Crippen molar-refractivity contribution >= 4 is 22.9 Å². The monoisotopic (exact) mass is 382 g/mol. The smallest absolute Gasteiger partial charge is 0.267 e. The minimum atomic E-state index is -0.174. The van der Waals surface area contributed by atoms with Crippen LogP contribution >= 0.6 is 11.3 Å². The molecule has 0 aliphatic carbocycles. The molecule has 0 aliphatic heterocycles. The molecule has 27 heavy (non-hydrogen) atoms. The van der Waals surface area contributed by atoms with E-state index in [0.29, 0.717) is 22.9 Å². The van der Waals surface area contributed by atoms with Gasteiger partial charge in [0.05, 0.1) is 12.8 Å². The number of nitrogens with zero attached hydrogens (tertiary/aromatic N) is 1. The van der Waals surface area contributed by atoms with E-state index in [2.05, 4.69) is 24.1 Å². The predicted molar refractivity (Wildman–Crippen MR) is 108 cm³/mol. The average Bonchev–Trinajstić information content (AvgIpc) is 3.04. The Kier molecular flexibility index (Phi) is 5.76. The van der Waals surface area contributed by atoms with Gasteiger partial charge >= 0.3 is 0 Å². The van der Waals surface area contributed by atoms with E-state index >= 15 is 0 Å². The molecule has 1 N–H and O–H groups in total. The quantitative estimate of drug-likeness (QED) is 0.658. The van der Waals surface area contributed by atoms with E-state index < -0.39 is 0 Å². The zero-order valence-corrected chi connectivity index (χ0v) is 16.6. The lowest BCUT2D eigenvalue weighted by atomic mass is 10.1. The second-order valence-corrected chi connectivity index (χ2v) is 7.32. The number of anilines is 1. The van der Waals surface area contributed by atoms with Crippen molar-refractivity contribution in [2.45, 2.75) is 27.4 Å². The standard InChI is InChI=1S/C21H22N2O3S/c1-13-5-8-18(11-14(13)2)26-12-19-22-15(3)20(27-19)21(24)23-16-6-9-17(25-4)10-7-16/h5-11H,12H2,1-4H3,(H,23,24). The van der Waals surface area contributed by atoms with Crippen molar-refractivity contribution in [2.24, 2.45) is 0 Å². The van der Waals surface area contributed by atoms with E-state index in [0.717, 1.165) is 16.5 Å². The minimum Gasteiger partial charge on any atom is -0.497 e. The van der Waals surface area contributed by atoms with Crippen molar-refractivity contribution in [3.05, 3.63) is 69.2 Å². The molecule has 0 bridgehead atoms. The highest BCUT2D eigenvalue weighted by molar-refractivity contribution is 7.13. The summed E-state index contributed by atoms with van der Waals surface area (Å²) in [6, 6.07) is 13.2. The second-order valence-electron chi connectivity index (χ2n) is 6.24. The summed E-state index contributed by atoms with van der Waals surface area (Å²) in [5.41, 5.74) is 3.82. The molecule has 3 aromatic rings. The van der Waals surface area contributed by atoms with Crippen LogP contribution in [-0.4, -0.2) is 18.0 Å². The highest BCUT2D eigenvalue weighted by Gasteiger charge is 2.16. The molecule has 1 aromatic heterocycles. The number of benzene rings is 2. The van der Waals surface area contributed by atoms with Crippen LogP contribution in [0, 0.1) is 20.8 Å². The van der Waals surface area contributed by atoms with Gasteiger partial charge in [0.2, 0.25) is 0 Å². The molecule has 140 valence electrons. The van der Waals surface area contributed by atoms with Gasteiger partial charge in [-0.1, -0.05) is 6.07 Å². The number of ether oxygens (including phenoxy) is 2. The van der Waals surface area contributed by atoms with E-state index in [-0.39, 0.29) is 5.91 Å². The van der Waals surface area contributed by atoms with Crippen molar-refractivity contribution in [1.29, 1.82) is 0 Å². The molecular weight excluding hydrogens is 360 g/mol. The SMILES string of the molecule is COc1ccc(NC(=O)c2sc(COc3ccc(C)c(C)c3)nc2C)cc1. The first-order valence-electron chi connectivity index (χ1n) is 8.58. The van der Waals surface area contributed by atoms with E-state index in [1.807, 2.05) is 25.1 Å². The van der Waals surface area contributed by atoms with Crippen molar-refractivity contribution in [1.82, 2.24) is 4.98 Å². The second kappa shape index (κ2) is 8.22. The molecule has 0 atom stereocenters. The highest BCUT2D eigenvalue weighted by Crippen LogP contribution is 2.23. The first-order valence-corrected chi connectivity index (χ1v) is 9.39. The lowest BCUT2D eigenvalue weighted by molar-refractivity contribution is 0.103. The molecule has 0 saturated carbocycles. The maximum atomic E-state index is 12.5. The van der Waals surface area contributed by atoms with E-state index in [1.165, 1.54) is 22.5 Å². The lowest BCUT2D eigenvalue weighted by Gasteiger charge is -2.06. The molecule has 0 spiro atoms. The van der Waals surface area contributed by atoms with Crippen LogP contribution in [0.25, 0.3) is 0 Å². The largest absolute Gasteiger partial charge is 0.497 e. The topological polar surface area (TPSA) is 60.5 Å². The molecular formula is C21H22N2O3S. The number of hydrogen-bond acceptors (Lipinski definition) is 5. The number of aromatic nitrogens is 1. The molecule has 5 nitrogen and oxygen atoms in total. The van der Waals surface area contributed by atoms with Gasteiger partial charge in [-0.2, -0.15) is 0 Å². The molecule has 0 unspecified atom stereocenters. The number of thiazole rings is 1. The summed E-state index contributed by atoms with van der Waals surface area (Å²) >= 11 is 1.35. The van der Waals surface area contributed by atoms with Crippen LogP contribution in [0.1, 0.15) is 31.5 Å². The number of amides is 1. The summed E-state index contributed by atoms with van der Waals surface area (Å²) in [4.78, 5) is 17.6. The summed E-state index contributed by atoms with van der Waals surface area (Å²) < 4.78 is 10.9. The fraction of sp³-hybridized carbons (Fsp3) is 0.238. The molecule has 1 heterocycles. The summed E-state index contributed by atoms with van der Waals surface area (Å²) in [5, 5.41) is 3.66. The molecule has 3 rings (SSSR count). The number of nitrogens with one attached hydrogen (secondary N) is 1. The summed E-state index contributed by atoms with van der Waals surface area (Å²) in [5.74, 6) is 1.37. The zero-order valence-electron chi connectivity index (χ0n) is 15.8. The van der Waals surface area contributed by atoms with E-state index in [4.69, 9.17) is 9.47 Å². The van der Waals surface area contributed by atoms with Crippen LogP contribution in [0.2, 0.25) is 0 Å². The predicted octanol–water partition coefficient (Wildman–Crippen LogP) is 4.91. The number of aryl methyl sites for hydroxylation is 3. The zero-order chi connectivity index (χ0) is 19.4. The third-order valence-electron chi connectivity index (χ3n) is 4.24. The normalized spacial score (nSPS) is 10.5. The Morgan fingerprint density at radius 3 is 2.41 bits per heavy atom. The first kappa shape index (κ1) is 18.9. The molecule has 0 radical (unpaired) electrons. The van der Waals surface area contributed by atoms with Gasteiger partial charge in [0.25, 0.3) is 5.91 Å². The fourth-order valence-electron chi connectivity index (χ4n) is 2.54. The van der Waals surface area contributed by atoms with Crippen LogP contribution < -0.4 is 14.8 Å². The lowest BCUT2D eigenvalue weighted by Crippen LogP contribution is -2.11. The van der Waals surface area contributed by atoms with Gasteiger partial charge < -0.3 is 14.8 Å². The van der Waals surface area contributed by atoms with Gasteiger partial charge in [0.15, 0.2) is 0 Å². The van der Waals surface area contributed by atoms with Crippen molar-refractivity contribution in [3.63, 3.8) is 0 Å². The average molecular weight is 382 g/mol. The summed E-state index contributed by atoms with van der Waals surface area (Å²) in [6.07, 6.45) is 0. The van der Waals surface area contributed by atoms with Crippen LogP contribution in [0.5, 0.6) is 11.5 Å². The molecule has 6 heteroatoms. The molecule has 2 aromatic carbocycles. The van der Waals surface area contributed by atoms with Gasteiger partial charge in [-0.3, -0.25) is 4.79 Å². The van der Waals surface area contributed by atoms with E-state index in [1.54, 1.807) is 31.4 Å². The third-order valence-corrected chi connectivity index (χ3v) is 5.37. The molecule has 0 aliphatic rings. The first-order chi connectivity index (χ1) is 13.0. The van der Waals surface area contributed by atoms with Crippen LogP contribution in [0.15, 0.2) is 42.5 Å². The molecule has 1 amide bonds. The van der Waals surface area contributed by atoms with Gasteiger partial charge in [-0.05, 0) is 68.3 Å². The van der Waals surface area contributed by atoms with Gasteiger partial charge in [0.1, 0.15) is 28.0 Å². The Balaban J connectivity index is 1.65. The number of rotatable bonds is 6. The van der Waals surface area contributed by atoms with E-state index in [9.17, 15) is 4.79 Å². The fourth-order valence-corrected chi connectivity index (χ4v) is 3.41. The van der Waals surface area contributed by atoms with Crippen molar-refractivity contribution in [3.8, 4) is 11.5 Å². The van der Waals surface area contributed by atoms with Gasteiger partial charge in [-0.15, -0.1) is 11.3 Å². The Morgan fingerprint density at radius 1 is 1.04 bits per heavy atom. The van der Waals surface area contributed by atoms with Gasteiger partial charge in [-0.25, -0.2) is 4.98 Å². The Hall–Kier alpha value is -2.86. The third kappa shape index (κ3) is 4.65. The van der Waals surface area contributed by atoms with Crippen LogP contribution in [-0.2, 0) is 6.61 Å². The molecule has 0 saturated heterocycles. The summed E-state index contributed by atoms with van der Waals surface area (Å²) in [6.45, 7) is 6.29. The maximum absolute atomic E-state index is 12.5. The van der Waals surface area contributed by atoms with Crippen molar-refractivity contribution < 1.29 is 14.3 Å². The van der Waals surface area contributed by atoms with Crippen molar-refractivity contribution in [2.75, 3.05) is 12.4 Å². The van der Waals surface area contributed by atoms with Crippen LogP contribution in [0.3, 0.4) is 0 Å². The number of carbonyl (C=O) groups is 1. The number of hydrogen-bond donors (Lipinski definition) is 1. The summed E-state index contributed by atoms with van der Waals surface area (Å²) in [7, 11) is 1.61. The van der Waals surface area contributed by atoms with Gasteiger partial charge in [0, 0.05) is 5.69 Å². The maximum Gasteiger partial charge on any atom is 0.267 e. The number of carbonyl (C=O) groups excluding carboxylic acids is 1. The molecule has 0 fully saturated rings. The highest BCUT2D eigenvalue weighted by atomic mass is 32.1. The number of methoxy groups -OCH3 is 1. The Bertz CT molecular complexity index is 949. The van der Waals surface area contributed by atoms with Crippen LogP contribution in [0.4, 0.5) is 5.69 Å². The minimum absolute atomic E-state index is 0.174. The Morgan fingerprint density at radius 2 is 1.74 bits per heavy atom.